The second kappa shape index (κ2) is 8.18. The van der Waals surface area contributed by atoms with Crippen LogP contribution in [0, 0.1) is 5.92 Å². The van der Waals surface area contributed by atoms with E-state index in [4.69, 9.17) is 23.2 Å². The minimum absolute atomic E-state index is 0.314. The maximum atomic E-state index is 12.2. The van der Waals surface area contributed by atoms with Gasteiger partial charge in [0.05, 0.1) is 27.6 Å². The molecule has 0 aliphatic rings. The molecule has 0 saturated carbocycles. The van der Waals surface area contributed by atoms with Gasteiger partial charge in [0.25, 0.3) is 5.91 Å². The zero-order chi connectivity index (χ0) is 16.8. The van der Waals surface area contributed by atoms with E-state index in [-0.39, 0.29) is 5.91 Å². The highest BCUT2D eigenvalue weighted by Crippen LogP contribution is 2.29. The normalized spacial score (nSPS) is 10.7. The number of carbonyl (C=O) groups excluding carboxylic acids is 1. The number of anilines is 2. The van der Waals surface area contributed by atoms with Crippen LogP contribution in [0.25, 0.3) is 0 Å². The number of benzene rings is 1. The summed E-state index contributed by atoms with van der Waals surface area (Å²) in [6, 6.07) is 8.58. The maximum absolute atomic E-state index is 12.2. The third kappa shape index (κ3) is 5.12. The van der Waals surface area contributed by atoms with Gasteiger partial charge in [-0.2, -0.15) is 0 Å². The Morgan fingerprint density at radius 2 is 2.00 bits per heavy atom. The van der Waals surface area contributed by atoms with Crippen LogP contribution in [0.3, 0.4) is 0 Å². The minimum atomic E-state index is -0.331. The van der Waals surface area contributed by atoms with Crippen molar-refractivity contribution in [2.24, 2.45) is 5.92 Å². The molecule has 1 amide bonds. The molecule has 1 aromatic carbocycles. The van der Waals surface area contributed by atoms with Crippen LogP contribution in [0.5, 0.6) is 0 Å². The van der Waals surface area contributed by atoms with Crippen molar-refractivity contribution < 1.29 is 4.79 Å². The second-order valence-corrected chi connectivity index (χ2v) is 6.38. The SMILES string of the molecule is CC(C)CCNc1ccc(C(=O)Nc2cccc(Cl)c2Cl)nc1. The Morgan fingerprint density at radius 1 is 1.22 bits per heavy atom. The van der Waals surface area contributed by atoms with Crippen molar-refractivity contribution in [2.45, 2.75) is 20.3 Å². The lowest BCUT2D eigenvalue weighted by Gasteiger charge is -2.10. The summed E-state index contributed by atoms with van der Waals surface area (Å²) in [5, 5.41) is 6.69. The quantitative estimate of drug-likeness (QED) is 0.761. The highest BCUT2D eigenvalue weighted by molar-refractivity contribution is 6.44. The number of hydrogen-bond donors (Lipinski definition) is 2. The fraction of sp³-hybridized carbons (Fsp3) is 0.294. The van der Waals surface area contributed by atoms with E-state index < -0.39 is 0 Å². The Kier molecular flexibility index (Phi) is 6.25. The summed E-state index contributed by atoms with van der Waals surface area (Å²) >= 11 is 12.0. The average molecular weight is 352 g/mol. The van der Waals surface area contributed by atoms with Gasteiger partial charge in [-0.3, -0.25) is 4.79 Å². The summed E-state index contributed by atoms with van der Waals surface area (Å²) in [6.45, 7) is 5.23. The first-order chi connectivity index (χ1) is 11.0. The molecule has 4 nitrogen and oxygen atoms in total. The number of pyridine rings is 1. The molecule has 1 aromatic heterocycles. The van der Waals surface area contributed by atoms with Gasteiger partial charge in [-0.1, -0.05) is 43.1 Å². The van der Waals surface area contributed by atoms with Gasteiger partial charge in [-0.25, -0.2) is 4.98 Å². The Labute approximate surface area is 146 Å². The van der Waals surface area contributed by atoms with E-state index in [0.29, 0.717) is 27.3 Å². The predicted molar refractivity (Wildman–Crippen MR) is 96.6 cm³/mol. The molecule has 23 heavy (non-hydrogen) atoms. The van der Waals surface area contributed by atoms with E-state index >= 15 is 0 Å². The zero-order valence-corrected chi connectivity index (χ0v) is 14.6. The molecule has 0 atom stereocenters. The molecule has 0 aliphatic carbocycles. The van der Waals surface area contributed by atoms with Crippen molar-refractivity contribution in [3.05, 3.63) is 52.3 Å². The van der Waals surface area contributed by atoms with E-state index in [0.717, 1.165) is 18.7 Å². The molecule has 0 unspecified atom stereocenters. The highest BCUT2D eigenvalue weighted by Gasteiger charge is 2.11. The Balaban J connectivity index is 1.98. The number of nitrogens with one attached hydrogen (secondary N) is 2. The molecule has 0 spiro atoms. The molecule has 0 radical (unpaired) electrons. The molecule has 0 aliphatic heterocycles. The van der Waals surface area contributed by atoms with E-state index in [2.05, 4.69) is 29.5 Å². The first-order valence-corrected chi connectivity index (χ1v) is 8.18. The number of nitrogens with zero attached hydrogens (tertiary/aromatic N) is 1. The van der Waals surface area contributed by atoms with Crippen molar-refractivity contribution >= 4 is 40.5 Å². The molecule has 2 aromatic rings. The molecular formula is C17H19Cl2N3O. The first-order valence-electron chi connectivity index (χ1n) is 7.42. The summed E-state index contributed by atoms with van der Waals surface area (Å²) in [7, 11) is 0. The van der Waals surface area contributed by atoms with Crippen LogP contribution in [0.4, 0.5) is 11.4 Å². The highest BCUT2D eigenvalue weighted by atomic mass is 35.5. The van der Waals surface area contributed by atoms with Crippen LogP contribution >= 0.6 is 23.2 Å². The van der Waals surface area contributed by atoms with Gasteiger partial charge in [0.2, 0.25) is 0 Å². The van der Waals surface area contributed by atoms with Crippen LogP contribution in [0.15, 0.2) is 36.5 Å². The van der Waals surface area contributed by atoms with Crippen molar-refractivity contribution in [3.63, 3.8) is 0 Å². The van der Waals surface area contributed by atoms with Crippen LogP contribution < -0.4 is 10.6 Å². The zero-order valence-electron chi connectivity index (χ0n) is 13.1. The molecule has 2 rings (SSSR count). The molecule has 0 fully saturated rings. The Bertz CT molecular complexity index is 672. The van der Waals surface area contributed by atoms with Gasteiger partial charge in [0, 0.05) is 6.54 Å². The second-order valence-electron chi connectivity index (χ2n) is 5.60. The maximum Gasteiger partial charge on any atom is 0.274 e. The summed E-state index contributed by atoms with van der Waals surface area (Å²) < 4.78 is 0. The lowest BCUT2D eigenvalue weighted by Crippen LogP contribution is -2.14. The Morgan fingerprint density at radius 3 is 2.65 bits per heavy atom. The number of halogens is 2. The summed E-state index contributed by atoms with van der Waals surface area (Å²) in [4.78, 5) is 16.4. The predicted octanol–water partition coefficient (Wildman–Crippen LogP) is 5.10. The van der Waals surface area contributed by atoms with Gasteiger partial charge in [-0.05, 0) is 36.6 Å². The number of rotatable bonds is 6. The Hall–Kier alpha value is -1.78. The lowest BCUT2D eigenvalue weighted by atomic mass is 10.1. The minimum Gasteiger partial charge on any atom is -0.384 e. The van der Waals surface area contributed by atoms with Crippen molar-refractivity contribution in [3.8, 4) is 0 Å². The van der Waals surface area contributed by atoms with Gasteiger partial charge in [0.15, 0.2) is 0 Å². The molecule has 6 heteroatoms. The summed E-state index contributed by atoms with van der Waals surface area (Å²) in [6.07, 6.45) is 2.73. The van der Waals surface area contributed by atoms with Gasteiger partial charge >= 0.3 is 0 Å². The number of carbonyl (C=O) groups is 1. The van der Waals surface area contributed by atoms with Crippen LogP contribution in [0.1, 0.15) is 30.8 Å². The summed E-state index contributed by atoms with van der Waals surface area (Å²) in [5.74, 6) is 0.311. The van der Waals surface area contributed by atoms with Crippen molar-refractivity contribution in [1.29, 1.82) is 0 Å². The first kappa shape index (κ1) is 17.6. The van der Waals surface area contributed by atoms with E-state index in [1.54, 1.807) is 30.5 Å². The van der Waals surface area contributed by atoms with Crippen LogP contribution in [-0.4, -0.2) is 17.4 Å². The third-order valence-electron chi connectivity index (χ3n) is 3.25. The van der Waals surface area contributed by atoms with E-state index in [1.807, 2.05) is 6.07 Å². The van der Waals surface area contributed by atoms with Crippen molar-refractivity contribution in [2.75, 3.05) is 17.2 Å². The monoisotopic (exact) mass is 351 g/mol. The molecule has 1 heterocycles. The molecule has 0 saturated heterocycles. The lowest BCUT2D eigenvalue weighted by molar-refractivity contribution is 0.102. The van der Waals surface area contributed by atoms with E-state index in [1.165, 1.54) is 0 Å². The molecular weight excluding hydrogens is 333 g/mol. The van der Waals surface area contributed by atoms with Crippen LogP contribution in [-0.2, 0) is 0 Å². The number of amides is 1. The fourth-order valence-electron chi connectivity index (χ4n) is 1.92. The third-order valence-corrected chi connectivity index (χ3v) is 4.07. The molecule has 2 N–H and O–H groups in total. The number of aromatic nitrogens is 1. The number of hydrogen-bond acceptors (Lipinski definition) is 3. The largest absolute Gasteiger partial charge is 0.384 e. The van der Waals surface area contributed by atoms with Gasteiger partial charge in [-0.15, -0.1) is 0 Å². The fourth-order valence-corrected chi connectivity index (χ4v) is 2.27. The molecule has 122 valence electrons. The molecule has 0 bridgehead atoms. The summed E-state index contributed by atoms with van der Waals surface area (Å²) in [5.41, 5.74) is 1.67. The standard InChI is InChI=1S/C17H19Cl2N3O/c1-11(2)8-9-20-12-6-7-15(21-10-12)17(23)22-14-5-3-4-13(18)16(14)19/h3-7,10-11,20H,8-9H2,1-2H3,(H,22,23). The smallest absolute Gasteiger partial charge is 0.274 e. The van der Waals surface area contributed by atoms with E-state index in [9.17, 15) is 4.79 Å². The van der Waals surface area contributed by atoms with Gasteiger partial charge < -0.3 is 10.6 Å². The van der Waals surface area contributed by atoms with Crippen molar-refractivity contribution in [1.82, 2.24) is 4.98 Å². The topological polar surface area (TPSA) is 54.0 Å². The van der Waals surface area contributed by atoms with Crippen LogP contribution in [0.2, 0.25) is 10.0 Å². The van der Waals surface area contributed by atoms with Gasteiger partial charge in [0.1, 0.15) is 5.69 Å². The average Bonchev–Trinajstić information content (AvgIpc) is 2.52.